The first kappa shape index (κ1) is 28.9. The summed E-state index contributed by atoms with van der Waals surface area (Å²) < 4.78 is 0. The average Bonchev–Trinajstić information content (AvgIpc) is 3.09. The van der Waals surface area contributed by atoms with E-state index in [9.17, 15) is 0 Å². The van der Waals surface area contributed by atoms with Crippen molar-refractivity contribution in [2.24, 2.45) is 0 Å². The number of hydrogen-bond acceptors (Lipinski definition) is 0. The van der Waals surface area contributed by atoms with Gasteiger partial charge < -0.3 is 0 Å². The van der Waals surface area contributed by atoms with Crippen LogP contribution in [0.25, 0.3) is 0 Å². The van der Waals surface area contributed by atoms with Crippen LogP contribution < -0.4 is 10.4 Å². The standard InChI is InChI=1S/2C9H15Si.C2H7Si.2ClH.Ti/c2*1-8-5-6-9(7-8)10(2,3)4;1-3-2;;;/h2*5-7H,1-4H3;3H,1-2H3;2*1H;/q2*-1;;;;+2/p-2. The molecule has 2 aromatic carbocycles. The van der Waals surface area contributed by atoms with Gasteiger partial charge in [-0.2, -0.15) is 35.4 Å². The zero-order valence-electron chi connectivity index (χ0n) is 18.3. The molecule has 0 unspecified atom stereocenters. The zero-order chi connectivity index (χ0) is 21.0. The van der Waals surface area contributed by atoms with Crippen LogP contribution in [0.2, 0.25) is 52.4 Å². The summed E-state index contributed by atoms with van der Waals surface area (Å²) in [7, 11) is 8.50. The van der Waals surface area contributed by atoms with Crippen LogP contribution in [-0.2, 0) is 17.0 Å². The van der Waals surface area contributed by atoms with E-state index in [4.69, 9.17) is 18.6 Å². The van der Waals surface area contributed by atoms with E-state index in [1.807, 2.05) is 0 Å². The molecule has 0 spiro atoms. The normalized spacial score (nSPS) is 10.5. The monoisotopic (exact) mass is 479 g/mol. The van der Waals surface area contributed by atoms with E-state index in [0.717, 1.165) is 9.52 Å². The molecule has 0 aromatic heterocycles. The van der Waals surface area contributed by atoms with Crippen molar-refractivity contribution in [1.29, 1.82) is 0 Å². The van der Waals surface area contributed by atoms with Crippen molar-refractivity contribution in [2.45, 2.75) is 66.2 Å². The van der Waals surface area contributed by atoms with Gasteiger partial charge in [-0.1, -0.05) is 66.2 Å². The summed E-state index contributed by atoms with van der Waals surface area (Å²) in [6.45, 7) is 23.0. The molecule has 2 rings (SSSR count). The minimum atomic E-state index is -1.01. The number of hydrogen-bond donors (Lipinski definition) is 0. The molecule has 0 saturated carbocycles. The molecule has 6 heteroatoms. The average molecular weight is 481 g/mol. The van der Waals surface area contributed by atoms with E-state index in [1.54, 1.807) is 10.4 Å². The van der Waals surface area contributed by atoms with Gasteiger partial charge in [-0.15, -0.1) is 0 Å². The Kier molecular flexibility index (Phi) is 16.2. The summed E-state index contributed by atoms with van der Waals surface area (Å²) in [5.74, 6) is 0. The third-order valence-corrected chi connectivity index (χ3v) is 7.64. The molecular weight excluding hydrogens is 443 g/mol. The first-order chi connectivity index (χ1) is 11.8. The molecule has 0 aliphatic rings. The first-order valence-corrected chi connectivity index (χ1v) is 22.6. The summed E-state index contributed by atoms with van der Waals surface area (Å²) >= 11 is -0.556. The summed E-state index contributed by atoms with van der Waals surface area (Å²) in [5.41, 5.74) is 2.80. The molecule has 0 heterocycles. The van der Waals surface area contributed by atoms with Gasteiger partial charge in [-0.05, 0) is 0 Å². The molecule has 0 fully saturated rings. The SMILES string of the molecule is C[SiH]C.Cc1cc([Si](C)(C)C)c[cH-]1.Cc1cc([Si](C)(C)C)c[cH-]1.[Cl][Ti][Cl]. The van der Waals surface area contributed by atoms with E-state index in [0.29, 0.717) is 0 Å². The van der Waals surface area contributed by atoms with Crippen molar-refractivity contribution >= 4 is 54.7 Å². The Balaban J connectivity index is 0. The summed E-state index contributed by atoms with van der Waals surface area (Å²) in [6.07, 6.45) is 0. The van der Waals surface area contributed by atoms with Gasteiger partial charge in [-0.3, -0.25) is 0 Å². The Morgan fingerprint density at radius 2 is 1.00 bits per heavy atom. The van der Waals surface area contributed by atoms with Gasteiger partial charge in [-0.25, -0.2) is 22.5 Å². The van der Waals surface area contributed by atoms with E-state index >= 15 is 0 Å². The third kappa shape index (κ3) is 14.7. The molecule has 149 valence electrons. The van der Waals surface area contributed by atoms with Gasteiger partial charge in [0, 0.05) is 25.7 Å². The predicted octanol–water partition coefficient (Wildman–Crippen LogP) is 6.41. The molecule has 1 radical (unpaired) electrons. The topological polar surface area (TPSA) is 0 Å². The van der Waals surface area contributed by atoms with Crippen LogP contribution in [0, 0.1) is 13.8 Å². The van der Waals surface area contributed by atoms with Gasteiger partial charge in [0.25, 0.3) is 0 Å². The third-order valence-electron chi connectivity index (χ3n) is 3.55. The van der Waals surface area contributed by atoms with Gasteiger partial charge in [0.05, 0.1) is 0 Å². The number of aryl methyl sites for hydroxylation is 2. The van der Waals surface area contributed by atoms with Gasteiger partial charge >= 0.3 is 35.6 Å². The Morgan fingerprint density at radius 3 is 1.08 bits per heavy atom. The van der Waals surface area contributed by atoms with Crippen molar-refractivity contribution in [3.63, 3.8) is 0 Å². The van der Waals surface area contributed by atoms with Crippen molar-refractivity contribution in [3.05, 3.63) is 47.5 Å². The molecule has 0 atom stereocenters. The van der Waals surface area contributed by atoms with E-state index < -0.39 is 33.2 Å². The molecule has 0 amide bonds. The molecular formula is C20H37Cl2Si3Ti-2. The first-order valence-electron chi connectivity index (χ1n) is 9.01. The van der Waals surface area contributed by atoms with Crippen LogP contribution in [0.5, 0.6) is 0 Å². The van der Waals surface area contributed by atoms with Crippen LogP contribution >= 0.6 is 18.6 Å². The zero-order valence-corrected chi connectivity index (χ0v) is 24.5. The molecule has 26 heavy (non-hydrogen) atoms. The van der Waals surface area contributed by atoms with Crippen LogP contribution in [0.3, 0.4) is 0 Å². The molecule has 0 saturated heterocycles. The molecule has 0 aliphatic carbocycles. The van der Waals surface area contributed by atoms with E-state index in [-0.39, 0.29) is 0 Å². The molecule has 0 aliphatic heterocycles. The van der Waals surface area contributed by atoms with E-state index in [2.05, 4.69) is 103 Å². The number of halogens is 2. The van der Waals surface area contributed by atoms with Gasteiger partial charge in [0.15, 0.2) is 0 Å². The molecule has 0 bridgehead atoms. The Morgan fingerprint density at radius 1 is 0.769 bits per heavy atom. The quantitative estimate of drug-likeness (QED) is 0.344. The van der Waals surface area contributed by atoms with Crippen LogP contribution in [0.4, 0.5) is 0 Å². The number of rotatable bonds is 2. The van der Waals surface area contributed by atoms with Crippen LogP contribution in [0.1, 0.15) is 11.1 Å². The van der Waals surface area contributed by atoms with Crippen molar-refractivity contribution < 1.29 is 17.0 Å². The van der Waals surface area contributed by atoms with Crippen molar-refractivity contribution in [3.8, 4) is 0 Å². The summed E-state index contributed by atoms with van der Waals surface area (Å²) in [4.78, 5) is 0. The summed E-state index contributed by atoms with van der Waals surface area (Å²) in [6, 6.07) is 13.6. The van der Waals surface area contributed by atoms with Gasteiger partial charge in [0.2, 0.25) is 0 Å². The maximum atomic E-state index is 4.89. The molecule has 0 nitrogen and oxygen atoms in total. The van der Waals surface area contributed by atoms with E-state index in [1.165, 1.54) is 11.1 Å². The Hall–Kier alpha value is 0.645. The second-order valence-corrected chi connectivity index (χ2v) is 22.4. The molecule has 2 aromatic rings. The van der Waals surface area contributed by atoms with Crippen molar-refractivity contribution in [1.82, 2.24) is 0 Å². The Labute approximate surface area is 184 Å². The molecule has 0 N–H and O–H groups in total. The van der Waals surface area contributed by atoms with Crippen LogP contribution in [0.15, 0.2) is 36.4 Å². The summed E-state index contributed by atoms with van der Waals surface area (Å²) in [5, 5.41) is 3.15. The predicted molar refractivity (Wildman–Crippen MR) is 130 cm³/mol. The second-order valence-electron chi connectivity index (χ2n) is 8.50. The van der Waals surface area contributed by atoms with Crippen LogP contribution in [-0.4, -0.2) is 25.7 Å². The fourth-order valence-corrected chi connectivity index (χ4v) is 4.55. The minimum absolute atomic E-state index is 0.556. The Bertz CT molecular complexity index is 526. The fraction of sp³-hybridized carbons (Fsp3) is 0.500. The van der Waals surface area contributed by atoms with Crippen molar-refractivity contribution in [2.75, 3.05) is 0 Å². The maximum absolute atomic E-state index is 4.89. The fourth-order valence-electron chi connectivity index (χ4n) is 2.06. The second kappa shape index (κ2) is 14.6. The van der Waals surface area contributed by atoms with Gasteiger partial charge in [0.1, 0.15) is 0 Å².